The van der Waals surface area contributed by atoms with E-state index in [-0.39, 0.29) is 18.4 Å². The molecular weight excluding hydrogens is 593 g/mol. The van der Waals surface area contributed by atoms with Crippen molar-refractivity contribution in [3.63, 3.8) is 0 Å². The number of aromatic nitrogens is 1. The van der Waals surface area contributed by atoms with Gasteiger partial charge in [0.1, 0.15) is 0 Å². The van der Waals surface area contributed by atoms with Gasteiger partial charge in [0.25, 0.3) is 0 Å². The molecule has 3 heterocycles. The molecule has 210 valence electrons. The average Bonchev–Trinajstić information content (AvgIpc) is 2.95. The van der Waals surface area contributed by atoms with Gasteiger partial charge in [-0.1, -0.05) is 59.1 Å². The van der Waals surface area contributed by atoms with E-state index in [9.17, 15) is 9.59 Å². The molecule has 1 saturated heterocycles. The fraction of sp³-hybridized carbons (Fsp3) is 0.333. The fourth-order valence-electron chi connectivity index (χ4n) is 5.07. The van der Waals surface area contributed by atoms with Gasteiger partial charge in [-0.25, -0.2) is 0 Å². The Bertz CT molecular complexity index is 1450. The zero-order chi connectivity index (χ0) is 28.4. The summed E-state index contributed by atoms with van der Waals surface area (Å²) in [6, 6.07) is 15.3. The SMILES string of the molecule is NCC(=O)Nc1ccc2c(c1)NCC(C(=O)NC(N1CCCN(c3cccc4cccnc34)C1=S)C(Cl)(Cl)Cl)C2. The number of hydrogen-bond donors (Lipinski definition) is 4. The molecule has 0 spiro atoms. The Labute approximate surface area is 252 Å². The molecule has 9 nitrogen and oxygen atoms in total. The lowest BCUT2D eigenvalue weighted by atomic mass is 9.93. The Morgan fingerprint density at radius 2 is 1.98 bits per heavy atom. The van der Waals surface area contributed by atoms with Gasteiger partial charge in [0, 0.05) is 42.6 Å². The van der Waals surface area contributed by atoms with Crippen molar-refractivity contribution in [3.05, 3.63) is 60.3 Å². The molecule has 2 unspecified atom stereocenters. The maximum atomic E-state index is 13.5. The van der Waals surface area contributed by atoms with Crippen molar-refractivity contribution in [2.75, 3.05) is 41.7 Å². The number of anilines is 3. The molecule has 0 radical (unpaired) electrons. The summed E-state index contributed by atoms with van der Waals surface area (Å²) in [5.41, 5.74) is 9.47. The van der Waals surface area contributed by atoms with Crippen molar-refractivity contribution in [1.82, 2.24) is 15.2 Å². The first-order valence-corrected chi connectivity index (χ1v) is 14.4. The number of halogens is 3. The lowest BCUT2D eigenvalue weighted by Gasteiger charge is -2.45. The maximum absolute atomic E-state index is 13.5. The quantitative estimate of drug-likeness (QED) is 0.241. The standard InChI is InChI=1S/C27H28Cl3N7O2S/c28-27(29,30)25(35-24(39)18-12-17-7-8-19(34-22(38)14-31)13-20(17)33-15-18)37-11-3-10-36(26(37)40)21-6-1-4-16-5-2-9-32-23(16)21/h1-2,4-9,13,18,25,33H,3,10-12,14-15,31H2,(H,34,38)(H,35,39). The topological polar surface area (TPSA) is 116 Å². The third-order valence-electron chi connectivity index (χ3n) is 7.02. The molecule has 1 aromatic heterocycles. The molecule has 13 heteroatoms. The largest absolute Gasteiger partial charge is 0.384 e. The van der Waals surface area contributed by atoms with Crippen LogP contribution < -0.4 is 26.6 Å². The first-order valence-electron chi connectivity index (χ1n) is 12.8. The predicted molar refractivity (Wildman–Crippen MR) is 165 cm³/mol. The molecule has 5 rings (SSSR count). The molecule has 0 bridgehead atoms. The zero-order valence-corrected chi connectivity index (χ0v) is 24.5. The van der Waals surface area contributed by atoms with Gasteiger partial charge in [0.05, 0.1) is 23.7 Å². The van der Waals surface area contributed by atoms with E-state index in [4.69, 9.17) is 52.8 Å². The number of pyridine rings is 1. The van der Waals surface area contributed by atoms with Crippen molar-refractivity contribution < 1.29 is 9.59 Å². The monoisotopic (exact) mass is 619 g/mol. The number of alkyl halides is 3. The highest BCUT2D eigenvalue weighted by molar-refractivity contribution is 7.80. The van der Waals surface area contributed by atoms with Gasteiger partial charge in [-0.2, -0.15) is 0 Å². The Hall–Kier alpha value is -2.89. The number of benzene rings is 2. The molecule has 2 aliphatic heterocycles. The lowest BCUT2D eigenvalue weighted by molar-refractivity contribution is -0.126. The Balaban J connectivity index is 1.33. The van der Waals surface area contributed by atoms with E-state index in [1.54, 1.807) is 17.2 Å². The highest BCUT2D eigenvalue weighted by Crippen LogP contribution is 2.36. The van der Waals surface area contributed by atoms with Gasteiger partial charge < -0.3 is 31.5 Å². The fourth-order valence-corrected chi connectivity index (χ4v) is 5.97. The number of amides is 2. The number of nitrogens with one attached hydrogen (secondary N) is 3. The van der Waals surface area contributed by atoms with Crippen LogP contribution in [0.15, 0.2) is 54.7 Å². The second kappa shape index (κ2) is 11.9. The van der Waals surface area contributed by atoms with Gasteiger partial charge in [-0.15, -0.1) is 0 Å². The number of hydrogen-bond acceptors (Lipinski definition) is 6. The Kier molecular flexibility index (Phi) is 8.53. The van der Waals surface area contributed by atoms with Gasteiger partial charge in [-0.3, -0.25) is 14.6 Å². The summed E-state index contributed by atoms with van der Waals surface area (Å²) in [4.78, 5) is 33.4. The van der Waals surface area contributed by atoms with Crippen molar-refractivity contribution >= 4 is 91.9 Å². The number of carbonyl (C=O) groups excluding carboxylic acids is 2. The van der Waals surface area contributed by atoms with Crippen LogP contribution in [0, 0.1) is 5.92 Å². The van der Waals surface area contributed by atoms with Crippen molar-refractivity contribution in [3.8, 4) is 0 Å². The van der Waals surface area contributed by atoms with Crippen LogP contribution in [-0.4, -0.2) is 62.9 Å². The number of nitrogens with two attached hydrogens (primary N) is 1. The number of nitrogens with zero attached hydrogens (tertiary/aromatic N) is 3. The summed E-state index contributed by atoms with van der Waals surface area (Å²) in [5, 5.41) is 10.4. The summed E-state index contributed by atoms with van der Waals surface area (Å²) in [6.07, 6.45) is 1.97. The number of para-hydroxylation sites is 1. The van der Waals surface area contributed by atoms with Crippen molar-refractivity contribution in [2.24, 2.45) is 11.7 Å². The molecule has 2 amide bonds. The van der Waals surface area contributed by atoms with Crippen molar-refractivity contribution in [2.45, 2.75) is 22.8 Å². The normalized spacial score (nSPS) is 18.1. The molecule has 2 atom stereocenters. The highest BCUT2D eigenvalue weighted by atomic mass is 35.6. The van der Waals surface area contributed by atoms with E-state index in [0.717, 1.165) is 34.3 Å². The van der Waals surface area contributed by atoms with Gasteiger partial charge in [0.15, 0.2) is 11.3 Å². The molecule has 1 fully saturated rings. The maximum Gasteiger partial charge on any atom is 0.238 e. The van der Waals surface area contributed by atoms with Gasteiger partial charge in [-0.05, 0) is 54.9 Å². The molecule has 2 aliphatic rings. The second-order valence-electron chi connectivity index (χ2n) is 9.69. The van der Waals surface area contributed by atoms with Crippen molar-refractivity contribution in [1.29, 1.82) is 0 Å². The first-order chi connectivity index (χ1) is 19.2. The second-order valence-corrected chi connectivity index (χ2v) is 12.4. The van der Waals surface area contributed by atoms with E-state index in [1.807, 2.05) is 47.4 Å². The van der Waals surface area contributed by atoms with Crippen LogP contribution in [0.5, 0.6) is 0 Å². The van der Waals surface area contributed by atoms with E-state index >= 15 is 0 Å². The van der Waals surface area contributed by atoms with Gasteiger partial charge in [0.2, 0.25) is 15.6 Å². The molecule has 0 saturated carbocycles. The van der Waals surface area contributed by atoms with Crippen LogP contribution in [-0.2, 0) is 16.0 Å². The summed E-state index contributed by atoms with van der Waals surface area (Å²) in [7, 11) is 0. The van der Waals surface area contributed by atoms with Crippen LogP contribution in [0.3, 0.4) is 0 Å². The van der Waals surface area contributed by atoms with Crippen LogP contribution in [0.25, 0.3) is 10.9 Å². The number of fused-ring (bicyclic) bond motifs is 2. The molecule has 5 N–H and O–H groups in total. The smallest absolute Gasteiger partial charge is 0.238 e. The van der Waals surface area contributed by atoms with Crippen LogP contribution >= 0.6 is 47.0 Å². The minimum absolute atomic E-state index is 0.103. The third kappa shape index (κ3) is 6.06. The van der Waals surface area contributed by atoms with Crippen LogP contribution in [0.2, 0.25) is 0 Å². The van der Waals surface area contributed by atoms with Gasteiger partial charge >= 0.3 is 0 Å². The summed E-state index contributed by atoms with van der Waals surface area (Å²) < 4.78 is -1.85. The average molecular weight is 621 g/mol. The van der Waals surface area contributed by atoms with E-state index in [1.165, 1.54) is 0 Å². The summed E-state index contributed by atoms with van der Waals surface area (Å²) in [5.74, 6) is -0.957. The first kappa shape index (κ1) is 28.6. The van der Waals surface area contributed by atoms with E-state index in [2.05, 4.69) is 20.9 Å². The molecular formula is C27H28Cl3N7O2S. The molecule has 40 heavy (non-hydrogen) atoms. The number of carbonyl (C=O) groups is 2. The third-order valence-corrected chi connectivity index (χ3v) is 8.09. The number of rotatable bonds is 6. The predicted octanol–water partition coefficient (Wildman–Crippen LogP) is 4.03. The molecule has 3 aromatic rings. The summed E-state index contributed by atoms with van der Waals surface area (Å²) >= 11 is 25.2. The minimum Gasteiger partial charge on any atom is -0.384 e. The number of thiocarbonyl (C=S) groups is 1. The lowest BCUT2D eigenvalue weighted by Crippen LogP contribution is -2.63. The van der Waals surface area contributed by atoms with Crippen LogP contribution in [0.4, 0.5) is 17.1 Å². The summed E-state index contributed by atoms with van der Waals surface area (Å²) in [6.45, 7) is 1.45. The Morgan fingerprint density at radius 1 is 1.18 bits per heavy atom. The highest BCUT2D eigenvalue weighted by Gasteiger charge is 2.43. The molecule has 0 aliphatic carbocycles. The molecule has 2 aromatic carbocycles. The van der Waals surface area contributed by atoms with Crippen LogP contribution in [0.1, 0.15) is 12.0 Å². The Morgan fingerprint density at radius 3 is 2.75 bits per heavy atom. The van der Waals surface area contributed by atoms with E-state index in [0.29, 0.717) is 36.9 Å². The zero-order valence-electron chi connectivity index (χ0n) is 21.4. The minimum atomic E-state index is -1.85. The van der Waals surface area contributed by atoms with E-state index < -0.39 is 15.9 Å².